The summed E-state index contributed by atoms with van der Waals surface area (Å²) in [4.78, 5) is 0. The monoisotopic (exact) mass is 284 g/mol. The van der Waals surface area contributed by atoms with Crippen LogP contribution in [0.4, 0.5) is 0 Å². The Bertz CT molecular complexity index is 263. The second kappa shape index (κ2) is 7.43. The van der Waals surface area contributed by atoms with Gasteiger partial charge in [0, 0.05) is 0 Å². The molecule has 4 unspecified atom stereocenters. The molecule has 19 heavy (non-hydrogen) atoms. The fourth-order valence-corrected chi connectivity index (χ4v) is 1.66. The number of hydrogen-bond acceptors (Lipinski definition) is 9. The smallest absolute Gasteiger partial charge is 0.186 e. The van der Waals surface area contributed by atoms with E-state index in [9.17, 15) is 20.4 Å². The topological polar surface area (TPSA) is 160 Å². The zero-order chi connectivity index (χ0) is 14.6. The van der Waals surface area contributed by atoms with Gasteiger partial charge in [0.2, 0.25) is 0 Å². The third-order valence-corrected chi connectivity index (χ3v) is 2.91. The van der Waals surface area contributed by atoms with Crippen molar-refractivity contribution in [1.29, 1.82) is 0 Å². The average Bonchev–Trinajstić information content (AvgIpc) is 2.70. The van der Waals surface area contributed by atoms with Gasteiger partial charge in [-0.1, -0.05) is 0 Å². The molecule has 0 aromatic carbocycles. The lowest BCUT2D eigenvalue weighted by Gasteiger charge is -2.23. The molecule has 7 N–H and O–H groups in total. The maximum absolute atomic E-state index is 9.52. The van der Waals surface area contributed by atoms with Crippen LogP contribution in [0, 0.1) is 0 Å². The van der Waals surface area contributed by atoms with Gasteiger partial charge in [-0.05, 0) is 0 Å². The molecule has 0 aromatic heterocycles. The third kappa shape index (κ3) is 4.05. The summed E-state index contributed by atoms with van der Waals surface area (Å²) in [5.74, 6) is 0. The van der Waals surface area contributed by atoms with Crippen molar-refractivity contribution in [3.8, 4) is 0 Å². The molecule has 7 atom stereocenters. The quantitative estimate of drug-likeness (QED) is 0.244. The molecule has 0 spiro atoms. The minimum atomic E-state index is -1.62. The van der Waals surface area contributed by atoms with Crippen molar-refractivity contribution in [2.45, 2.75) is 42.9 Å². The van der Waals surface area contributed by atoms with Crippen molar-refractivity contribution < 1.29 is 45.2 Å². The Labute approximate surface area is 109 Å². The molecule has 1 fully saturated rings. The molecule has 0 saturated carbocycles. The molecular formula is C10H20O9. The van der Waals surface area contributed by atoms with Crippen molar-refractivity contribution in [2.75, 3.05) is 19.8 Å². The fourth-order valence-electron chi connectivity index (χ4n) is 1.66. The van der Waals surface area contributed by atoms with Gasteiger partial charge in [-0.15, -0.1) is 0 Å². The molecule has 9 nitrogen and oxygen atoms in total. The zero-order valence-electron chi connectivity index (χ0n) is 10.1. The highest BCUT2D eigenvalue weighted by Gasteiger charge is 2.43. The summed E-state index contributed by atoms with van der Waals surface area (Å²) < 4.78 is 9.92. The third-order valence-electron chi connectivity index (χ3n) is 2.91. The zero-order valence-corrected chi connectivity index (χ0v) is 10.1. The highest BCUT2D eigenvalue weighted by Crippen LogP contribution is 2.22. The van der Waals surface area contributed by atoms with E-state index in [1.807, 2.05) is 0 Å². The molecule has 114 valence electrons. The maximum atomic E-state index is 9.52. The molecule has 1 heterocycles. The van der Waals surface area contributed by atoms with Crippen molar-refractivity contribution in [1.82, 2.24) is 0 Å². The van der Waals surface area contributed by atoms with Crippen LogP contribution in [0.3, 0.4) is 0 Å². The van der Waals surface area contributed by atoms with Gasteiger partial charge in [0.25, 0.3) is 0 Å². The first kappa shape index (κ1) is 16.7. The summed E-state index contributed by atoms with van der Waals surface area (Å²) >= 11 is 0. The number of aliphatic hydroxyl groups is 7. The predicted molar refractivity (Wildman–Crippen MR) is 58.8 cm³/mol. The summed E-state index contributed by atoms with van der Waals surface area (Å²) in [7, 11) is 0. The fraction of sp³-hybridized carbons (Fsp3) is 1.00. The van der Waals surface area contributed by atoms with E-state index >= 15 is 0 Å². The minimum absolute atomic E-state index is 0.495. The van der Waals surface area contributed by atoms with Gasteiger partial charge in [0.15, 0.2) is 6.29 Å². The van der Waals surface area contributed by atoms with Crippen LogP contribution in [0.25, 0.3) is 0 Å². The molecule has 0 radical (unpaired) electrons. The molecule has 1 saturated heterocycles. The van der Waals surface area contributed by atoms with E-state index in [2.05, 4.69) is 0 Å². The second-order valence-corrected chi connectivity index (χ2v) is 4.35. The van der Waals surface area contributed by atoms with Crippen LogP contribution in [0.5, 0.6) is 0 Å². The summed E-state index contributed by atoms with van der Waals surface area (Å²) in [6.45, 7) is -1.73. The van der Waals surface area contributed by atoms with Gasteiger partial charge < -0.3 is 45.2 Å². The number of aliphatic hydroxyl groups excluding tert-OH is 7. The largest absolute Gasteiger partial charge is 0.394 e. The Morgan fingerprint density at radius 2 is 1.63 bits per heavy atom. The SMILES string of the molecule is OCC(O)C(O)C(O)CO[C@@H]1O[C@H](CO)[C@H](O)C1O. The highest BCUT2D eigenvalue weighted by molar-refractivity contribution is 4.86. The Hall–Kier alpha value is -0.360. The van der Waals surface area contributed by atoms with Crippen molar-refractivity contribution in [2.24, 2.45) is 0 Å². The molecule has 1 aliphatic heterocycles. The molecule has 1 aliphatic rings. The van der Waals surface area contributed by atoms with Crippen molar-refractivity contribution in [3.63, 3.8) is 0 Å². The van der Waals surface area contributed by atoms with E-state index < -0.39 is 62.7 Å². The van der Waals surface area contributed by atoms with E-state index in [-0.39, 0.29) is 0 Å². The normalized spacial score (nSPS) is 36.2. The van der Waals surface area contributed by atoms with Crippen molar-refractivity contribution >= 4 is 0 Å². The highest BCUT2D eigenvalue weighted by atomic mass is 16.7. The molecule has 0 amide bonds. The number of hydrogen-bond donors (Lipinski definition) is 7. The van der Waals surface area contributed by atoms with Crippen LogP contribution >= 0.6 is 0 Å². The molecule has 0 aliphatic carbocycles. The molecular weight excluding hydrogens is 264 g/mol. The summed E-state index contributed by atoms with van der Waals surface area (Å²) in [5.41, 5.74) is 0. The van der Waals surface area contributed by atoms with Crippen LogP contribution in [0.1, 0.15) is 0 Å². The van der Waals surface area contributed by atoms with Gasteiger partial charge in [-0.2, -0.15) is 0 Å². The van der Waals surface area contributed by atoms with E-state index in [0.29, 0.717) is 0 Å². The van der Waals surface area contributed by atoms with Gasteiger partial charge in [0.1, 0.15) is 36.6 Å². The molecule has 1 rings (SSSR count). The lowest BCUT2D eigenvalue weighted by atomic mass is 10.1. The van der Waals surface area contributed by atoms with E-state index in [1.165, 1.54) is 0 Å². The van der Waals surface area contributed by atoms with Gasteiger partial charge >= 0.3 is 0 Å². The van der Waals surface area contributed by atoms with Crippen LogP contribution in [0.2, 0.25) is 0 Å². The Morgan fingerprint density at radius 1 is 1.00 bits per heavy atom. The minimum Gasteiger partial charge on any atom is -0.394 e. The number of rotatable bonds is 7. The van der Waals surface area contributed by atoms with Crippen LogP contribution in [0.15, 0.2) is 0 Å². The molecule has 0 aromatic rings. The first-order valence-electron chi connectivity index (χ1n) is 5.81. The van der Waals surface area contributed by atoms with Gasteiger partial charge in [-0.3, -0.25) is 0 Å². The van der Waals surface area contributed by atoms with Crippen LogP contribution < -0.4 is 0 Å². The van der Waals surface area contributed by atoms with Crippen LogP contribution in [-0.2, 0) is 9.47 Å². The van der Waals surface area contributed by atoms with Gasteiger partial charge in [0.05, 0.1) is 19.8 Å². The first-order valence-corrected chi connectivity index (χ1v) is 5.81. The van der Waals surface area contributed by atoms with E-state index in [0.717, 1.165) is 0 Å². The number of ether oxygens (including phenoxy) is 2. The first-order chi connectivity index (χ1) is 8.92. The summed E-state index contributed by atoms with van der Waals surface area (Å²) in [6.07, 6.45) is -9.64. The van der Waals surface area contributed by atoms with E-state index in [1.54, 1.807) is 0 Å². The maximum Gasteiger partial charge on any atom is 0.186 e. The second-order valence-electron chi connectivity index (χ2n) is 4.35. The Kier molecular flexibility index (Phi) is 6.53. The lowest BCUT2D eigenvalue weighted by Crippen LogP contribution is -2.43. The lowest BCUT2D eigenvalue weighted by molar-refractivity contribution is -0.194. The van der Waals surface area contributed by atoms with Crippen LogP contribution in [-0.4, -0.2) is 98.5 Å². The summed E-state index contributed by atoms with van der Waals surface area (Å²) in [6, 6.07) is 0. The summed E-state index contributed by atoms with van der Waals surface area (Å²) in [5, 5.41) is 64.3. The van der Waals surface area contributed by atoms with Crippen molar-refractivity contribution in [3.05, 3.63) is 0 Å². The molecule has 9 heteroatoms. The van der Waals surface area contributed by atoms with Gasteiger partial charge in [-0.25, -0.2) is 0 Å². The standard InChI is InChI=1S/C10H20O9/c11-1-4(13)7(15)5(14)3-18-10-9(17)8(16)6(2-12)19-10/h4-17H,1-3H2/t4?,5?,6-,7?,8+,9?,10-/m1/s1. The average molecular weight is 284 g/mol. The Balaban J connectivity index is 2.40. The molecule has 0 bridgehead atoms. The Morgan fingerprint density at radius 3 is 2.11 bits per heavy atom. The predicted octanol–water partition coefficient (Wildman–Crippen LogP) is -4.48. The van der Waals surface area contributed by atoms with E-state index in [4.69, 9.17) is 24.8 Å².